The minimum absolute atomic E-state index is 0.0192. The third-order valence-electron chi connectivity index (χ3n) is 11.8. The van der Waals surface area contributed by atoms with Gasteiger partial charge in [0.1, 0.15) is 43.2 Å². The molecular weight excluding hydrogens is 876 g/mol. The Labute approximate surface area is 404 Å². The van der Waals surface area contributed by atoms with E-state index >= 15 is 0 Å². The molecule has 0 bridgehead atoms. The van der Waals surface area contributed by atoms with Crippen LogP contribution in [0.2, 0.25) is 0 Å². The summed E-state index contributed by atoms with van der Waals surface area (Å²) in [6, 6.07) is 0. The van der Waals surface area contributed by atoms with Crippen molar-refractivity contribution in [1.29, 1.82) is 0 Å². The van der Waals surface area contributed by atoms with Gasteiger partial charge in [0.15, 0.2) is 6.10 Å². The third kappa shape index (κ3) is 34.5. The van der Waals surface area contributed by atoms with Crippen molar-refractivity contribution in [3.8, 4) is 0 Å². The molecule has 6 unspecified atom stereocenters. The lowest BCUT2D eigenvalue weighted by molar-refractivity contribution is -0.220. The van der Waals surface area contributed by atoms with E-state index in [1.807, 2.05) is 12.2 Å². The van der Waals surface area contributed by atoms with Gasteiger partial charge in [-0.3, -0.25) is 18.6 Å². The van der Waals surface area contributed by atoms with Gasteiger partial charge in [-0.2, -0.15) is 0 Å². The van der Waals surface area contributed by atoms with Gasteiger partial charge in [0.25, 0.3) is 0 Å². The third-order valence-corrected chi connectivity index (χ3v) is 12.8. The second-order valence-corrected chi connectivity index (χ2v) is 19.4. The summed E-state index contributed by atoms with van der Waals surface area (Å²) in [7, 11) is -5.14. The Hall–Kier alpha value is -2.45. The Kier molecular flexibility index (Phi) is 39.6. The van der Waals surface area contributed by atoms with E-state index in [1.54, 1.807) is 0 Å². The van der Waals surface area contributed by atoms with Gasteiger partial charge in [-0.05, 0) is 77.0 Å². The minimum atomic E-state index is -5.14. The van der Waals surface area contributed by atoms with Crippen LogP contribution in [-0.2, 0) is 32.7 Å². The highest BCUT2D eigenvalue weighted by Crippen LogP contribution is 2.47. The molecule has 0 aromatic heterocycles. The quantitative estimate of drug-likeness (QED) is 0.0146. The average Bonchev–Trinajstić information content (AvgIpc) is 3.31. The molecule has 8 atom stereocenters. The summed E-state index contributed by atoms with van der Waals surface area (Å²) < 4.78 is 33.6. The standard InChI is InChI=1S/C53H93O13P/c1-3-5-7-9-11-13-15-17-19-21-22-23-24-26-28-30-32-34-36-38-40-42-47(55)65-45(44-64-67(61,62)66-53-51(59)49(57)48(56)50(58)52(53)60)43-63-46(54)41-39-37-35-33-31-29-27-25-20-18-16-14-12-10-8-6-4-2/h14,16,19,21,23-24,28,30,34,36,45,48-53,56-60H,3-13,15,17-18,20,22,25-27,29,31-33,35,37-44H2,1-2H3,(H,61,62)/b16-14+,21-19+,24-23+,30-28+,36-34+/t45-,48?,49-,50?,51?,52?,53?/m1/s1. The zero-order valence-corrected chi connectivity index (χ0v) is 42.3. The Bertz CT molecular complexity index is 1400. The van der Waals surface area contributed by atoms with E-state index in [2.05, 4.69) is 62.5 Å². The van der Waals surface area contributed by atoms with Crippen molar-refractivity contribution in [3.05, 3.63) is 60.8 Å². The number of phosphoric ester groups is 1. The molecule has 1 rings (SSSR count). The van der Waals surface area contributed by atoms with Crippen LogP contribution in [0.5, 0.6) is 0 Å². The predicted molar refractivity (Wildman–Crippen MR) is 267 cm³/mol. The summed E-state index contributed by atoms with van der Waals surface area (Å²) >= 11 is 0. The fourth-order valence-corrected chi connectivity index (χ4v) is 8.60. The molecular formula is C53H93O13P. The first-order valence-electron chi connectivity index (χ1n) is 26.1. The first kappa shape index (κ1) is 62.6. The highest BCUT2D eigenvalue weighted by molar-refractivity contribution is 7.47. The van der Waals surface area contributed by atoms with E-state index in [-0.39, 0.29) is 12.8 Å². The van der Waals surface area contributed by atoms with Crippen LogP contribution in [-0.4, -0.2) is 98.3 Å². The monoisotopic (exact) mass is 969 g/mol. The second-order valence-electron chi connectivity index (χ2n) is 18.0. The Morgan fingerprint density at radius 1 is 0.463 bits per heavy atom. The number of hydrogen-bond donors (Lipinski definition) is 6. The Morgan fingerprint density at radius 2 is 0.821 bits per heavy atom. The highest BCUT2D eigenvalue weighted by atomic mass is 31.2. The van der Waals surface area contributed by atoms with E-state index in [0.29, 0.717) is 19.3 Å². The fraction of sp³-hybridized carbons (Fsp3) is 0.774. The lowest BCUT2D eigenvalue weighted by atomic mass is 9.85. The van der Waals surface area contributed by atoms with Crippen LogP contribution in [0.1, 0.15) is 206 Å². The van der Waals surface area contributed by atoms with Crippen molar-refractivity contribution in [2.24, 2.45) is 0 Å². The number of aliphatic hydroxyl groups is 5. The lowest BCUT2D eigenvalue weighted by Gasteiger charge is -2.41. The molecule has 388 valence electrons. The summed E-state index contributed by atoms with van der Waals surface area (Å²) in [5, 5.41) is 50.3. The smallest absolute Gasteiger partial charge is 0.462 e. The number of hydrogen-bond acceptors (Lipinski definition) is 12. The van der Waals surface area contributed by atoms with Crippen LogP contribution >= 0.6 is 7.82 Å². The summed E-state index contributed by atoms with van der Waals surface area (Å²) in [5.41, 5.74) is 0. The van der Waals surface area contributed by atoms with Gasteiger partial charge in [0, 0.05) is 12.8 Å². The molecule has 67 heavy (non-hydrogen) atoms. The second kappa shape index (κ2) is 42.4. The largest absolute Gasteiger partial charge is 0.472 e. The molecule has 0 aliphatic heterocycles. The molecule has 1 aliphatic rings. The molecule has 0 aromatic carbocycles. The number of phosphoric acid groups is 1. The molecule has 0 saturated heterocycles. The number of allylic oxidation sites excluding steroid dienone is 10. The minimum Gasteiger partial charge on any atom is -0.462 e. The number of aliphatic hydroxyl groups excluding tert-OH is 5. The van der Waals surface area contributed by atoms with Gasteiger partial charge in [0.2, 0.25) is 0 Å². The van der Waals surface area contributed by atoms with E-state index in [9.17, 15) is 44.6 Å². The zero-order chi connectivity index (χ0) is 49.2. The molecule has 1 saturated carbocycles. The molecule has 1 fully saturated rings. The van der Waals surface area contributed by atoms with E-state index in [4.69, 9.17) is 18.5 Å². The maximum Gasteiger partial charge on any atom is 0.472 e. The van der Waals surface area contributed by atoms with Gasteiger partial charge in [0.05, 0.1) is 6.61 Å². The molecule has 0 amide bonds. The van der Waals surface area contributed by atoms with Crippen LogP contribution in [0, 0.1) is 0 Å². The van der Waals surface area contributed by atoms with Crippen molar-refractivity contribution in [2.75, 3.05) is 13.2 Å². The number of ether oxygens (including phenoxy) is 2. The maximum atomic E-state index is 12.8. The lowest BCUT2D eigenvalue weighted by Crippen LogP contribution is -2.64. The number of esters is 2. The number of carbonyl (C=O) groups is 2. The van der Waals surface area contributed by atoms with Crippen LogP contribution in [0.25, 0.3) is 0 Å². The first-order valence-corrected chi connectivity index (χ1v) is 27.6. The molecule has 0 aromatic rings. The van der Waals surface area contributed by atoms with Gasteiger partial charge >= 0.3 is 19.8 Å². The fourth-order valence-electron chi connectivity index (χ4n) is 7.63. The molecule has 0 radical (unpaired) electrons. The van der Waals surface area contributed by atoms with Crippen LogP contribution in [0.4, 0.5) is 0 Å². The van der Waals surface area contributed by atoms with Crippen LogP contribution in [0.3, 0.4) is 0 Å². The predicted octanol–water partition coefficient (Wildman–Crippen LogP) is 11.3. The summed E-state index contributed by atoms with van der Waals surface area (Å²) in [6.07, 6.45) is 39.9. The van der Waals surface area contributed by atoms with Gasteiger partial charge in [-0.25, -0.2) is 4.57 Å². The summed E-state index contributed by atoms with van der Waals surface area (Å²) in [4.78, 5) is 35.8. The van der Waals surface area contributed by atoms with Gasteiger partial charge in [-0.1, -0.05) is 177 Å². The van der Waals surface area contributed by atoms with Crippen LogP contribution in [0.15, 0.2) is 60.8 Å². The Balaban J connectivity index is 2.45. The average molecular weight is 969 g/mol. The molecule has 0 spiro atoms. The van der Waals surface area contributed by atoms with Crippen molar-refractivity contribution in [2.45, 2.75) is 249 Å². The van der Waals surface area contributed by atoms with Gasteiger partial charge in [-0.15, -0.1) is 0 Å². The number of unbranched alkanes of at least 4 members (excludes halogenated alkanes) is 21. The van der Waals surface area contributed by atoms with E-state index in [1.165, 1.54) is 103 Å². The first-order chi connectivity index (χ1) is 32.4. The van der Waals surface area contributed by atoms with Crippen LogP contribution < -0.4 is 0 Å². The van der Waals surface area contributed by atoms with E-state index < -0.39 is 75.7 Å². The molecule has 6 N–H and O–H groups in total. The number of rotatable bonds is 43. The maximum absolute atomic E-state index is 12.8. The van der Waals surface area contributed by atoms with Gasteiger partial charge < -0.3 is 39.9 Å². The summed E-state index contributed by atoms with van der Waals surface area (Å²) in [5.74, 6) is -1.17. The van der Waals surface area contributed by atoms with Crippen molar-refractivity contribution in [3.63, 3.8) is 0 Å². The summed E-state index contributed by atoms with van der Waals surface area (Å²) in [6.45, 7) is 3.26. The number of carbonyl (C=O) groups excluding carboxylic acids is 2. The van der Waals surface area contributed by atoms with Crippen molar-refractivity contribution in [1.82, 2.24) is 0 Å². The molecule has 13 nitrogen and oxygen atoms in total. The topological polar surface area (TPSA) is 210 Å². The normalized spacial score (nSPS) is 21.6. The highest BCUT2D eigenvalue weighted by Gasteiger charge is 2.51. The molecule has 0 heterocycles. The SMILES string of the molecule is CCCCCC/C=C/CCCCCCCCCCCC(=O)OC[C@H](COP(=O)(O)OC1C(O)C(O)C(O)[C@@H](O)C1O)OC(=O)CCC/C=C/C/C=C/C/C=C/C/C=C/CCCCCCCCC. The zero-order valence-electron chi connectivity index (χ0n) is 41.4. The molecule has 1 aliphatic carbocycles. The van der Waals surface area contributed by atoms with Crippen molar-refractivity contribution >= 4 is 19.8 Å². The molecule has 14 heteroatoms. The van der Waals surface area contributed by atoms with E-state index in [0.717, 1.165) is 57.8 Å². The Morgan fingerprint density at radius 3 is 1.30 bits per heavy atom. The van der Waals surface area contributed by atoms with Crippen molar-refractivity contribution < 1.29 is 63.1 Å².